The molecule has 0 aliphatic carbocycles. The Labute approximate surface area is 191 Å². The van der Waals surface area contributed by atoms with Crippen molar-refractivity contribution in [3.05, 3.63) is 46.4 Å². The van der Waals surface area contributed by atoms with Crippen molar-refractivity contribution in [2.75, 3.05) is 30.3 Å². The van der Waals surface area contributed by atoms with Gasteiger partial charge in [-0.2, -0.15) is 0 Å². The van der Waals surface area contributed by atoms with E-state index in [9.17, 15) is 18.3 Å². The molecule has 3 rings (SSSR count). The molecule has 1 unspecified atom stereocenters. The van der Waals surface area contributed by atoms with Gasteiger partial charge in [0.1, 0.15) is 4.90 Å². The number of carbonyl (C=O) groups excluding carboxylic acids is 1. The number of sulfonamides is 1. The van der Waals surface area contributed by atoms with Crippen LogP contribution in [-0.4, -0.2) is 50.1 Å². The van der Waals surface area contributed by atoms with Crippen molar-refractivity contribution < 1.29 is 18.3 Å². The minimum Gasteiger partial charge on any atom is -0.504 e. The van der Waals surface area contributed by atoms with Gasteiger partial charge in [0.25, 0.3) is 0 Å². The summed E-state index contributed by atoms with van der Waals surface area (Å²) in [6.45, 7) is 3.99. The van der Waals surface area contributed by atoms with Gasteiger partial charge in [0.05, 0.1) is 21.4 Å². The Bertz CT molecular complexity index is 1070. The van der Waals surface area contributed by atoms with E-state index in [0.29, 0.717) is 10.7 Å². The summed E-state index contributed by atoms with van der Waals surface area (Å²) >= 11 is 12.1. The predicted molar refractivity (Wildman–Crippen MR) is 123 cm³/mol. The van der Waals surface area contributed by atoms with Gasteiger partial charge >= 0.3 is 6.03 Å². The zero-order valence-corrected chi connectivity index (χ0v) is 19.2. The Morgan fingerprint density at radius 2 is 1.84 bits per heavy atom. The number of anilines is 2. The van der Waals surface area contributed by atoms with Crippen molar-refractivity contribution in [2.45, 2.75) is 30.7 Å². The number of phenolic OH excluding ortho intramolecular Hbond substituents is 1. The van der Waals surface area contributed by atoms with Gasteiger partial charge < -0.3 is 15.7 Å². The van der Waals surface area contributed by atoms with Gasteiger partial charge in [-0.1, -0.05) is 42.3 Å². The van der Waals surface area contributed by atoms with Crippen LogP contribution in [0.2, 0.25) is 10.0 Å². The molecule has 0 spiro atoms. The molecular formula is C20H24Cl2N4O4S. The number of likely N-dealkylation sites (N-methyl/N-ethyl adjacent to an activating group) is 1. The van der Waals surface area contributed by atoms with E-state index in [1.165, 1.54) is 12.1 Å². The number of amides is 2. The molecule has 1 fully saturated rings. The van der Waals surface area contributed by atoms with Crippen molar-refractivity contribution in [2.24, 2.45) is 0 Å². The largest absolute Gasteiger partial charge is 0.504 e. The highest BCUT2D eigenvalue weighted by Crippen LogP contribution is 2.37. The van der Waals surface area contributed by atoms with E-state index in [2.05, 4.69) is 20.3 Å². The molecule has 31 heavy (non-hydrogen) atoms. The van der Waals surface area contributed by atoms with Gasteiger partial charge in [-0.05, 0) is 50.2 Å². The second kappa shape index (κ2) is 10.1. The number of nitrogens with one attached hydrogen (secondary N) is 3. The highest BCUT2D eigenvalue weighted by Gasteiger charge is 2.29. The normalized spacial score (nSPS) is 16.9. The van der Waals surface area contributed by atoms with Crippen molar-refractivity contribution in [1.82, 2.24) is 9.62 Å². The number of halogens is 2. The summed E-state index contributed by atoms with van der Waals surface area (Å²) in [5.74, 6) is -0.645. The van der Waals surface area contributed by atoms with E-state index >= 15 is 0 Å². The smallest absolute Gasteiger partial charge is 0.323 e. The minimum absolute atomic E-state index is 0.0865. The van der Waals surface area contributed by atoms with E-state index in [0.717, 1.165) is 25.9 Å². The van der Waals surface area contributed by atoms with Crippen LogP contribution in [0.15, 0.2) is 41.3 Å². The topological polar surface area (TPSA) is 111 Å². The van der Waals surface area contributed by atoms with Gasteiger partial charge in [0.15, 0.2) is 5.75 Å². The molecule has 8 nitrogen and oxygen atoms in total. The van der Waals surface area contributed by atoms with Crippen LogP contribution >= 0.6 is 23.2 Å². The number of carbonyl (C=O) groups is 1. The number of hydrogen-bond donors (Lipinski definition) is 4. The molecule has 168 valence electrons. The molecule has 11 heteroatoms. The molecule has 2 amide bonds. The second-order valence-corrected chi connectivity index (χ2v) is 9.63. The van der Waals surface area contributed by atoms with Crippen LogP contribution < -0.4 is 15.4 Å². The molecule has 0 bridgehead atoms. The van der Waals surface area contributed by atoms with Crippen molar-refractivity contribution in [1.29, 1.82) is 0 Å². The number of rotatable bonds is 7. The maximum atomic E-state index is 12.9. The summed E-state index contributed by atoms with van der Waals surface area (Å²) in [5.41, 5.74) is 0.257. The van der Waals surface area contributed by atoms with Crippen LogP contribution in [0.25, 0.3) is 0 Å². The van der Waals surface area contributed by atoms with E-state index in [1.54, 1.807) is 24.3 Å². The SMILES string of the molecule is CCN1CCCC1CNS(=O)(=O)c1c(Cl)ccc(NC(=O)Nc2ccccc2Cl)c1O. The maximum absolute atomic E-state index is 12.9. The molecule has 1 atom stereocenters. The molecule has 1 aliphatic rings. The lowest BCUT2D eigenvalue weighted by Gasteiger charge is -2.23. The van der Waals surface area contributed by atoms with E-state index < -0.39 is 26.7 Å². The fourth-order valence-electron chi connectivity index (χ4n) is 3.56. The van der Waals surface area contributed by atoms with Crippen LogP contribution in [0.4, 0.5) is 16.2 Å². The maximum Gasteiger partial charge on any atom is 0.323 e. The number of hydrogen-bond acceptors (Lipinski definition) is 5. The quantitative estimate of drug-likeness (QED) is 0.440. The molecule has 0 radical (unpaired) electrons. The van der Waals surface area contributed by atoms with Crippen molar-refractivity contribution >= 4 is 50.6 Å². The lowest BCUT2D eigenvalue weighted by Crippen LogP contribution is -2.40. The summed E-state index contributed by atoms with van der Waals surface area (Å²) in [7, 11) is -4.12. The summed E-state index contributed by atoms with van der Waals surface area (Å²) in [4.78, 5) is 14.0. The number of likely N-dealkylation sites (tertiary alicyclic amines) is 1. The summed E-state index contributed by atoms with van der Waals surface area (Å²) in [6, 6.07) is 8.62. The predicted octanol–water partition coefficient (Wildman–Crippen LogP) is 4.11. The molecule has 4 N–H and O–H groups in total. The minimum atomic E-state index is -4.12. The molecule has 2 aromatic rings. The van der Waals surface area contributed by atoms with Crippen LogP contribution in [0.1, 0.15) is 19.8 Å². The fraction of sp³-hybridized carbons (Fsp3) is 0.350. The average molecular weight is 487 g/mol. The summed E-state index contributed by atoms with van der Waals surface area (Å²) in [6.07, 6.45) is 1.89. The highest BCUT2D eigenvalue weighted by atomic mass is 35.5. The third-order valence-corrected chi connectivity index (χ3v) is 7.39. The monoisotopic (exact) mass is 486 g/mol. The van der Waals surface area contributed by atoms with Gasteiger partial charge in [-0.15, -0.1) is 0 Å². The number of para-hydroxylation sites is 1. The number of aromatic hydroxyl groups is 1. The number of nitrogens with zero attached hydrogens (tertiary/aromatic N) is 1. The van der Waals surface area contributed by atoms with Crippen LogP contribution in [-0.2, 0) is 10.0 Å². The zero-order valence-electron chi connectivity index (χ0n) is 16.9. The van der Waals surface area contributed by atoms with E-state index in [-0.39, 0.29) is 23.3 Å². The van der Waals surface area contributed by atoms with Crippen molar-refractivity contribution in [3.63, 3.8) is 0 Å². The first-order valence-electron chi connectivity index (χ1n) is 9.80. The summed E-state index contributed by atoms with van der Waals surface area (Å²) in [5, 5.41) is 15.7. The molecule has 1 saturated heterocycles. The van der Waals surface area contributed by atoms with Gasteiger partial charge in [0, 0.05) is 12.6 Å². The first-order valence-corrected chi connectivity index (χ1v) is 12.0. The Kier molecular flexibility index (Phi) is 7.66. The molecule has 1 heterocycles. The van der Waals surface area contributed by atoms with E-state index in [1.807, 2.05) is 6.92 Å². The lowest BCUT2D eigenvalue weighted by atomic mass is 10.2. The fourth-order valence-corrected chi connectivity index (χ4v) is 5.45. The average Bonchev–Trinajstić information content (AvgIpc) is 3.18. The van der Waals surface area contributed by atoms with Gasteiger partial charge in [-0.3, -0.25) is 4.90 Å². The molecule has 2 aromatic carbocycles. The third kappa shape index (κ3) is 5.61. The first kappa shape index (κ1) is 23.6. The standard InChI is InChI=1S/C20H24Cl2N4O4S/c1-2-26-11-5-6-13(26)12-23-31(29,30)19-15(22)9-10-17(18(19)27)25-20(28)24-16-8-4-3-7-14(16)21/h3-4,7-10,13,23,27H,2,5-6,11-12H2,1H3,(H2,24,25,28). The van der Waals surface area contributed by atoms with Crippen LogP contribution in [0, 0.1) is 0 Å². The van der Waals surface area contributed by atoms with E-state index in [4.69, 9.17) is 23.2 Å². The second-order valence-electron chi connectivity index (χ2n) is 7.11. The Balaban J connectivity index is 1.76. The van der Waals surface area contributed by atoms with Gasteiger partial charge in [0.2, 0.25) is 10.0 Å². The summed E-state index contributed by atoms with van der Waals surface area (Å²) < 4.78 is 28.3. The molecular weight excluding hydrogens is 463 g/mol. The van der Waals surface area contributed by atoms with Gasteiger partial charge in [-0.25, -0.2) is 17.9 Å². The highest BCUT2D eigenvalue weighted by molar-refractivity contribution is 7.89. The first-order chi connectivity index (χ1) is 14.7. The van der Waals surface area contributed by atoms with Crippen molar-refractivity contribution in [3.8, 4) is 5.75 Å². The Morgan fingerprint density at radius 1 is 1.13 bits per heavy atom. The number of urea groups is 1. The number of benzene rings is 2. The third-order valence-electron chi connectivity index (χ3n) is 5.14. The molecule has 0 aromatic heterocycles. The van der Waals surface area contributed by atoms with Crippen LogP contribution in [0.3, 0.4) is 0 Å². The lowest BCUT2D eigenvalue weighted by molar-refractivity contribution is 0.262. The van der Waals surface area contributed by atoms with Crippen LogP contribution in [0.5, 0.6) is 5.75 Å². The Morgan fingerprint density at radius 3 is 2.55 bits per heavy atom. The number of phenols is 1. The molecule has 1 aliphatic heterocycles. The zero-order chi connectivity index (χ0) is 22.6. The Hall–Kier alpha value is -2.04. The molecule has 0 saturated carbocycles.